The maximum atomic E-state index is 11.9. The van der Waals surface area contributed by atoms with Crippen LogP contribution in [0.4, 0.5) is 0 Å². The molecule has 3 rings (SSSR count). The van der Waals surface area contributed by atoms with Crippen molar-refractivity contribution < 1.29 is 4.79 Å². The molecule has 1 aliphatic heterocycles. The molecule has 1 aromatic heterocycles. The summed E-state index contributed by atoms with van der Waals surface area (Å²) in [6, 6.07) is 8.51. The molecule has 31 heavy (non-hydrogen) atoms. The first-order chi connectivity index (χ1) is 14.5. The first kappa shape index (κ1) is 25.1. The number of aromatic amines is 1. The highest BCUT2D eigenvalue weighted by Gasteiger charge is 2.22. The Balaban J connectivity index is 0.00000341. The molecule has 0 atom stereocenters. The molecule has 9 nitrogen and oxygen atoms in total. The summed E-state index contributed by atoms with van der Waals surface area (Å²) in [7, 11) is 3.61. The van der Waals surface area contributed by atoms with Gasteiger partial charge in [-0.05, 0) is 31.4 Å². The third-order valence-electron chi connectivity index (χ3n) is 5.17. The molecule has 10 heteroatoms. The lowest BCUT2D eigenvalue weighted by Gasteiger charge is -2.33. The SMILES string of the molecule is CCNC(=NCc1cccc(-c2ncn[nH]2)c1)NC1CCN(CC(=O)N(C)C)CC1.I. The third kappa shape index (κ3) is 7.76. The van der Waals surface area contributed by atoms with E-state index >= 15 is 0 Å². The lowest BCUT2D eigenvalue weighted by Crippen LogP contribution is -2.50. The molecule has 2 aromatic rings. The molecule has 1 fully saturated rings. The van der Waals surface area contributed by atoms with E-state index in [4.69, 9.17) is 4.99 Å². The van der Waals surface area contributed by atoms with Crippen molar-refractivity contribution in [3.05, 3.63) is 36.2 Å². The number of piperidine rings is 1. The van der Waals surface area contributed by atoms with Gasteiger partial charge in [0.1, 0.15) is 6.33 Å². The molecule has 1 saturated heterocycles. The van der Waals surface area contributed by atoms with E-state index in [-0.39, 0.29) is 29.9 Å². The van der Waals surface area contributed by atoms with Crippen LogP contribution in [-0.2, 0) is 11.3 Å². The van der Waals surface area contributed by atoms with Crippen LogP contribution >= 0.6 is 24.0 Å². The molecule has 0 radical (unpaired) electrons. The summed E-state index contributed by atoms with van der Waals surface area (Å²) >= 11 is 0. The normalized spacial score (nSPS) is 15.3. The summed E-state index contributed by atoms with van der Waals surface area (Å²) in [5.41, 5.74) is 2.11. The Morgan fingerprint density at radius 3 is 2.74 bits per heavy atom. The van der Waals surface area contributed by atoms with Crippen LogP contribution in [0.3, 0.4) is 0 Å². The zero-order valence-corrected chi connectivity index (χ0v) is 20.8. The molecule has 0 spiro atoms. The second-order valence-corrected chi connectivity index (χ2v) is 7.71. The number of likely N-dealkylation sites (tertiary alicyclic amines) is 1. The number of aliphatic imine (C=N–C) groups is 1. The Morgan fingerprint density at radius 2 is 2.10 bits per heavy atom. The quantitative estimate of drug-likeness (QED) is 0.281. The Hall–Kier alpha value is -2.21. The number of nitrogens with zero attached hydrogens (tertiary/aromatic N) is 5. The molecule has 2 heterocycles. The van der Waals surface area contributed by atoms with Gasteiger partial charge in [-0.25, -0.2) is 9.98 Å². The van der Waals surface area contributed by atoms with Gasteiger partial charge in [0.25, 0.3) is 0 Å². The van der Waals surface area contributed by atoms with Crippen LogP contribution in [0.25, 0.3) is 11.4 Å². The number of amides is 1. The molecule has 1 aromatic carbocycles. The third-order valence-corrected chi connectivity index (χ3v) is 5.17. The topological polar surface area (TPSA) is 102 Å². The second kappa shape index (κ2) is 12.6. The number of carbonyl (C=O) groups excluding carboxylic acids is 1. The lowest BCUT2D eigenvalue weighted by molar-refractivity contribution is -0.130. The van der Waals surface area contributed by atoms with E-state index in [0.717, 1.165) is 55.4 Å². The summed E-state index contributed by atoms with van der Waals surface area (Å²) in [6.45, 7) is 5.77. The molecule has 1 amide bonds. The second-order valence-electron chi connectivity index (χ2n) is 7.71. The van der Waals surface area contributed by atoms with Crippen LogP contribution in [0.15, 0.2) is 35.6 Å². The Labute approximate surface area is 201 Å². The summed E-state index contributed by atoms with van der Waals surface area (Å²) in [4.78, 5) is 24.7. The maximum Gasteiger partial charge on any atom is 0.236 e. The van der Waals surface area contributed by atoms with Gasteiger partial charge in [0.05, 0.1) is 13.1 Å². The highest BCUT2D eigenvalue weighted by Crippen LogP contribution is 2.16. The highest BCUT2D eigenvalue weighted by molar-refractivity contribution is 14.0. The van der Waals surface area contributed by atoms with Crippen LogP contribution in [-0.4, -0.2) is 83.2 Å². The maximum absolute atomic E-state index is 11.9. The van der Waals surface area contributed by atoms with Gasteiger partial charge in [0, 0.05) is 45.3 Å². The van der Waals surface area contributed by atoms with Crippen molar-refractivity contribution in [2.75, 3.05) is 40.3 Å². The largest absolute Gasteiger partial charge is 0.357 e. The fourth-order valence-corrected chi connectivity index (χ4v) is 3.41. The van der Waals surface area contributed by atoms with Crippen molar-refractivity contribution in [3.8, 4) is 11.4 Å². The van der Waals surface area contributed by atoms with Crippen molar-refractivity contribution in [3.63, 3.8) is 0 Å². The first-order valence-electron chi connectivity index (χ1n) is 10.5. The zero-order chi connectivity index (χ0) is 21.3. The van der Waals surface area contributed by atoms with E-state index in [2.05, 4.69) is 49.8 Å². The number of halogens is 1. The van der Waals surface area contributed by atoms with Crippen LogP contribution < -0.4 is 10.6 Å². The molecular weight excluding hydrogens is 507 g/mol. The Morgan fingerprint density at radius 1 is 1.32 bits per heavy atom. The molecular formula is C21H33IN8O. The standard InChI is InChI=1S/C21H32N8O.HI/c1-4-22-21(26-18-8-10-29(11-9-18)14-19(30)28(2)3)23-13-16-6-5-7-17(12-16)20-24-15-25-27-20;/h5-7,12,15,18H,4,8-11,13-14H2,1-3H3,(H2,22,23,26)(H,24,25,27);1H. The number of rotatable bonds is 7. The summed E-state index contributed by atoms with van der Waals surface area (Å²) in [6.07, 6.45) is 3.49. The minimum Gasteiger partial charge on any atom is -0.357 e. The number of aromatic nitrogens is 3. The molecule has 0 unspecified atom stereocenters. The van der Waals surface area contributed by atoms with Gasteiger partial charge < -0.3 is 15.5 Å². The molecule has 170 valence electrons. The van der Waals surface area contributed by atoms with Crippen molar-refractivity contribution in [1.82, 2.24) is 35.6 Å². The summed E-state index contributed by atoms with van der Waals surface area (Å²) in [5, 5.41) is 13.7. The number of guanidine groups is 1. The Bertz CT molecular complexity index is 832. The van der Waals surface area contributed by atoms with Crippen LogP contribution in [0.2, 0.25) is 0 Å². The van der Waals surface area contributed by atoms with Crippen molar-refractivity contribution in [2.24, 2.45) is 4.99 Å². The van der Waals surface area contributed by atoms with Crippen LogP contribution in [0, 0.1) is 0 Å². The smallest absolute Gasteiger partial charge is 0.236 e. The van der Waals surface area contributed by atoms with Crippen molar-refractivity contribution in [2.45, 2.75) is 32.4 Å². The minimum atomic E-state index is 0. The first-order valence-corrected chi connectivity index (χ1v) is 10.5. The molecule has 3 N–H and O–H groups in total. The van der Waals surface area contributed by atoms with Gasteiger partial charge in [-0.3, -0.25) is 14.8 Å². The average Bonchev–Trinajstić information content (AvgIpc) is 3.29. The lowest BCUT2D eigenvalue weighted by atomic mass is 10.1. The predicted molar refractivity (Wildman–Crippen MR) is 133 cm³/mol. The Kier molecular flexibility index (Phi) is 10.2. The average molecular weight is 540 g/mol. The summed E-state index contributed by atoms with van der Waals surface area (Å²) in [5.74, 6) is 1.74. The van der Waals surface area contributed by atoms with Crippen molar-refractivity contribution >= 4 is 35.8 Å². The summed E-state index contributed by atoms with van der Waals surface area (Å²) < 4.78 is 0. The van der Waals surface area contributed by atoms with E-state index in [1.165, 1.54) is 6.33 Å². The van der Waals surface area contributed by atoms with Gasteiger partial charge in [0.2, 0.25) is 5.91 Å². The van der Waals surface area contributed by atoms with E-state index in [1.54, 1.807) is 19.0 Å². The van der Waals surface area contributed by atoms with Crippen molar-refractivity contribution in [1.29, 1.82) is 0 Å². The zero-order valence-electron chi connectivity index (χ0n) is 18.5. The minimum absolute atomic E-state index is 0. The monoisotopic (exact) mass is 540 g/mol. The van der Waals surface area contributed by atoms with Crippen LogP contribution in [0.5, 0.6) is 0 Å². The number of carbonyl (C=O) groups is 1. The van der Waals surface area contributed by atoms with E-state index in [9.17, 15) is 4.79 Å². The van der Waals surface area contributed by atoms with Gasteiger partial charge >= 0.3 is 0 Å². The van der Waals surface area contributed by atoms with Gasteiger partial charge in [-0.2, -0.15) is 5.10 Å². The number of nitrogens with one attached hydrogen (secondary N) is 3. The van der Waals surface area contributed by atoms with E-state index < -0.39 is 0 Å². The molecule has 0 aliphatic carbocycles. The number of likely N-dealkylation sites (N-methyl/N-ethyl adjacent to an activating group) is 1. The van der Waals surface area contributed by atoms with E-state index in [0.29, 0.717) is 19.1 Å². The molecule has 0 saturated carbocycles. The molecule has 1 aliphatic rings. The van der Waals surface area contributed by atoms with Gasteiger partial charge in [-0.15, -0.1) is 24.0 Å². The molecule has 0 bridgehead atoms. The fourth-order valence-electron chi connectivity index (χ4n) is 3.41. The van der Waals surface area contributed by atoms with Gasteiger partial charge in [0.15, 0.2) is 11.8 Å². The number of benzene rings is 1. The van der Waals surface area contributed by atoms with Crippen LogP contribution in [0.1, 0.15) is 25.3 Å². The van der Waals surface area contributed by atoms with Gasteiger partial charge in [-0.1, -0.05) is 18.2 Å². The number of hydrogen-bond acceptors (Lipinski definition) is 5. The predicted octanol–water partition coefficient (Wildman–Crippen LogP) is 1.70. The number of hydrogen-bond donors (Lipinski definition) is 3. The highest BCUT2D eigenvalue weighted by atomic mass is 127. The number of H-pyrrole nitrogens is 1. The van der Waals surface area contributed by atoms with E-state index in [1.807, 2.05) is 12.1 Å². The fraction of sp³-hybridized carbons (Fsp3) is 0.524.